The molecular formula is C15H15NO4S2. The number of hydrogen-bond donors (Lipinski definition) is 1. The first-order valence-corrected chi connectivity index (χ1v) is 9.02. The topological polar surface area (TPSA) is 72.5 Å². The first-order valence-electron chi connectivity index (χ1n) is 6.31. The smallest absolute Gasteiger partial charge is 0.337 e. The van der Waals surface area contributed by atoms with Crippen molar-refractivity contribution in [3.8, 4) is 0 Å². The molecule has 2 aromatic rings. The van der Waals surface area contributed by atoms with Crippen molar-refractivity contribution in [3.63, 3.8) is 0 Å². The average Bonchev–Trinajstić information content (AvgIpc) is 2.54. The van der Waals surface area contributed by atoms with Crippen LogP contribution in [-0.4, -0.2) is 27.8 Å². The van der Waals surface area contributed by atoms with Crippen molar-refractivity contribution in [2.24, 2.45) is 0 Å². The van der Waals surface area contributed by atoms with Crippen molar-refractivity contribution in [3.05, 3.63) is 54.1 Å². The lowest BCUT2D eigenvalue weighted by atomic mass is 10.2. The van der Waals surface area contributed by atoms with Crippen LogP contribution in [-0.2, 0) is 14.8 Å². The summed E-state index contributed by atoms with van der Waals surface area (Å²) in [6, 6.07) is 12.7. The molecule has 0 amide bonds. The number of benzene rings is 2. The largest absolute Gasteiger partial charge is 0.465 e. The van der Waals surface area contributed by atoms with Gasteiger partial charge in [0.05, 0.1) is 17.6 Å². The van der Waals surface area contributed by atoms with E-state index in [1.807, 2.05) is 12.3 Å². The molecule has 5 nitrogen and oxygen atoms in total. The van der Waals surface area contributed by atoms with Crippen molar-refractivity contribution >= 4 is 33.4 Å². The minimum atomic E-state index is -3.70. The monoisotopic (exact) mass is 337 g/mol. The van der Waals surface area contributed by atoms with Gasteiger partial charge in [-0.25, -0.2) is 13.2 Å². The highest BCUT2D eigenvalue weighted by Crippen LogP contribution is 2.22. The molecule has 0 radical (unpaired) electrons. The van der Waals surface area contributed by atoms with E-state index in [9.17, 15) is 13.2 Å². The molecule has 22 heavy (non-hydrogen) atoms. The molecule has 0 atom stereocenters. The predicted molar refractivity (Wildman–Crippen MR) is 86.8 cm³/mol. The van der Waals surface area contributed by atoms with Gasteiger partial charge >= 0.3 is 5.97 Å². The lowest BCUT2D eigenvalue weighted by Gasteiger charge is -2.09. The number of carbonyl (C=O) groups is 1. The average molecular weight is 337 g/mol. The van der Waals surface area contributed by atoms with Crippen LogP contribution in [0.15, 0.2) is 58.3 Å². The van der Waals surface area contributed by atoms with Crippen LogP contribution >= 0.6 is 11.8 Å². The number of rotatable bonds is 5. The van der Waals surface area contributed by atoms with E-state index in [0.29, 0.717) is 11.3 Å². The van der Waals surface area contributed by atoms with Gasteiger partial charge in [0, 0.05) is 10.6 Å². The van der Waals surface area contributed by atoms with E-state index in [2.05, 4.69) is 9.46 Å². The molecule has 0 aliphatic rings. The summed E-state index contributed by atoms with van der Waals surface area (Å²) < 4.78 is 31.7. The normalized spacial score (nSPS) is 11.0. The van der Waals surface area contributed by atoms with Gasteiger partial charge in [-0.2, -0.15) is 0 Å². The fourth-order valence-corrected chi connectivity index (χ4v) is 3.30. The molecule has 0 bridgehead atoms. The zero-order valence-electron chi connectivity index (χ0n) is 12.1. The molecule has 0 saturated heterocycles. The van der Waals surface area contributed by atoms with Crippen LogP contribution in [0.5, 0.6) is 0 Å². The standard InChI is InChI=1S/C15H15NO4S2/c1-20-15(17)11-6-8-14(9-7-11)22(18,19)16-12-4-3-5-13(10-12)21-2/h3-10,16H,1-2H3. The fourth-order valence-electron chi connectivity index (χ4n) is 1.79. The molecule has 0 aromatic heterocycles. The molecule has 2 rings (SSSR count). The Balaban J connectivity index is 2.24. The predicted octanol–water partition coefficient (Wildman–Crippen LogP) is 3.00. The van der Waals surface area contributed by atoms with E-state index in [1.54, 1.807) is 18.2 Å². The van der Waals surface area contributed by atoms with Crippen LogP contribution in [0, 0.1) is 0 Å². The summed E-state index contributed by atoms with van der Waals surface area (Å²) >= 11 is 1.53. The number of anilines is 1. The molecule has 0 heterocycles. The van der Waals surface area contributed by atoms with Crippen LogP contribution in [0.1, 0.15) is 10.4 Å². The Bertz CT molecular complexity index is 770. The first kappa shape index (κ1) is 16.4. The van der Waals surface area contributed by atoms with Crippen LogP contribution in [0.2, 0.25) is 0 Å². The number of nitrogens with one attached hydrogen (secondary N) is 1. The minimum Gasteiger partial charge on any atom is -0.465 e. The van der Waals surface area contributed by atoms with Crippen LogP contribution < -0.4 is 4.72 Å². The molecule has 0 aliphatic heterocycles. The third-order valence-electron chi connectivity index (χ3n) is 2.91. The van der Waals surface area contributed by atoms with Crippen molar-refractivity contribution in [2.75, 3.05) is 18.1 Å². The van der Waals surface area contributed by atoms with Crippen molar-refractivity contribution < 1.29 is 17.9 Å². The Kier molecular flexibility index (Phi) is 5.10. The van der Waals surface area contributed by atoms with E-state index in [0.717, 1.165) is 4.90 Å². The number of carbonyl (C=O) groups excluding carboxylic acids is 1. The maximum absolute atomic E-state index is 12.3. The number of esters is 1. The second-order valence-electron chi connectivity index (χ2n) is 4.35. The summed E-state index contributed by atoms with van der Waals surface area (Å²) in [6.45, 7) is 0. The summed E-state index contributed by atoms with van der Waals surface area (Å²) in [5.41, 5.74) is 0.787. The fraction of sp³-hybridized carbons (Fsp3) is 0.133. The Hall–Kier alpha value is -1.99. The van der Waals surface area contributed by atoms with E-state index in [4.69, 9.17) is 0 Å². The van der Waals surface area contributed by atoms with Gasteiger partial charge in [-0.15, -0.1) is 11.8 Å². The highest BCUT2D eigenvalue weighted by Gasteiger charge is 2.15. The van der Waals surface area contributed by atoms with Gasteiger partial charge in [0.1, 0.15) is 0 Å². The Morgan fingerprint density at radius 1 is 1.14 bits per heavy atom. The minimum absolute atomic E-state index is 0.0784. The van der Waals surface area contributed by atoms with Crippen molar-refractivity contribution in [2.45, 2.75) is 9.79 Å². The van der Waals surface area contributed by atoms with Gasteiger partial charge in [0.25, 0.3) is 10.0 Å². The number of ether oxygens (including phenoxy) is 1. The SMILES string of the molecule is COC(=O)c1ccc(S(=O)(=O)Nc2cccc(SC)c2)cc1. The summed E-state index contributed by atoms with van der Waals surface area (Å²) in [4.78, 5) is 12.4. The lowest BCUT2D eigenvalue weighted by molar-refractivity contribution is 0.0600. The van der Waals surface area contributed by atoms with Crippen molar-refractivity contribution in [1.82, 2.24) is 0 Å². The molecule has 0 unspecified atom stereocenters. The Morgan fingerprint density at radius 3 is 2.41 bits per heavy atom. The Morgan fingerprint density at radius 2 is 1.82 bits per heavy atom. The third kappa shape index (κ3) is 3.80. The van der Waals surface area contributed by atoms with Gasteiger partial charge < -0.3 is 4.74 Å². The van der Waals surface area contributed by atoms with E-state index in [-0.39, 0.29) is 4.90 Å². The second kappa shape index (κ2) is 6.85. The number of hydrogen-bond acceptors (Lipinski definition) is 5. The molecule has 1 N–H and O–H groups in total. The second-order valence-corrected chi connectivity index (χ2v) is 6.92. The summed E-state index contributed by atoms with van der Waals surface area (Å²) in [5, 5.41) is 0. The van der Waals surface area contributed by atoms with Crippen molar-refractivity contribution in [1.29, 1.82) is 0 Å². The molecule has 0 aliphatic carbocycles. The zero-order valence-corrected chi connectivity index (χ0v) is 13.7. The number of sulfonamides is 1. The quantitative estimate of drug-likeness (QED) is 0.671. The Labute approximate surface area is 133 Å². The van der Waals surface area contributed by atoms with Gasteiger partial charge in [-0.1, -0.05) is 6.07 Å². The first-order chi connectivity index (χ1) is 10.5. The van der Waals surface area contributed by atoms with E-state index >= 15 is 0 Å². The van der Waals surface area contributed by atoms with Gasteiger partial charge in [-0.3, -0.25) is 4.72 Å². The van der Waals surface area contributed by atoms with Crippen LogP contribution in [0.3, 0.4) is 0 Å². The summed E-state index contributed by atoms with van der Waals surface area (Å²) in [6.07, 6.45) is 1.92. The van der Waals surface area contributed by atoms with Crippen LogP contribution in [0.4, 0.5) is 5.69 Å². The molecule has 2 aromatic carbocycles. The number of thioether (sulfide) groups is 1. The molecule has 116 valence electrons. The summed E-state index contributed by atoms with van der Waals surface area (Å²) in [7, 11) is -2.43. The van der Waals surface area contributed by atoms with E-state index < -0.39 is 16.0 Å². The molecule has 0 fully saturated rings. The summed E-state index contributed by atoms with van der Waals surface area (Å²) in [5.74, 6) is -0.510. The highest BCUT2D eigenvalue weighted by molar-refractivity contribution is 7.98. The highest BCUT2D eigenvalue weighted by atomic mass is 32.2. The maximum atomic E-state index is 12.3. The molecular weight excluding hydrogens is 322 g/mol. The van der Waals surface area contributed by atoms with E-state index in [1.165, 1.54) is 43.1 Å². The third-order valence-corrected chi connectivity index (χ3v) is 5.03. The molecule has 7 heteroatoms. The number of methoxy groups -OCH3 is 1. The molecule has 0 saturated carbocycles. The zero-order chi connectivity index (χ0) is 16.2. The molecule has 0 spiro atoms. The van der Waals surface area contributed by atoms with Gasteiger partial charge in [0.2, 0.25) is 0 Å². The van der Waals surface area contributed by atoms with Gasteiger partial charge in [-0.05, 0) is 48.7 Å². The van der Waals surface area contributed by atoms with Crippen LogP contribution in [0.25, 0.3) is 0 Å². The lowest BCUT2D eigenvalue weighted by Crippen LogP contribution is -2.13. The van der Waals surface area contributed by atoms with Gasteiger partial charge in [0.15, 0.2) is 0 Å². The maximum Gasteiger partial charge on any atom is 0.337 e.